The number of benzene rings is 4. The Labute approximate surface area is 311 Å². The lowest BCUT2D eigenvalue weighted by Crippen LogP contribution is -2.53. The minimum atomic E-state index is -1.66. The molecule has 2 aliphatic heterocycles. The van der Waals surface area contributed by atoms with Gasteiger partial charge in [-0.15, -0.1) is 0 Å². The third-order valence-corrected chi connectivity index (χ3v) is 11.9. The fraction of sp³-hybridized carbons (Fsp3) is 0.231. The molecule has 4 aliphatic rings. The van der Waals surface area contributed by atoms with E-state index in [1.54, 1.807) is 48.5 Å². The standard InChI is InChI=1S/C39H30ClFIN3O6/c1-51-31-4-2-3-30(46)33(31)34-26-17-18-27-32(37(49)44(35(27)47)25-15-11-23(42)12-16-25)28(26)19-29-36(48)45(43-24-13-9-22(41)10-14-24)38(50)39(29,34)20-5-7-21(40)8-6-20/h2-17,27-29,32,34,43,46H,18-19H2,1H3/t27-,28+,29-,32-,34+,39+/m0/s1. The molecule has 3 fully saturated rings. The van der Waals surface area contributed by atoms with Crippen LogP contribution in [0, 0.1) is 33.1 Å². The normalized spacial score (nSPS) is 26.8. The van der Waals surface area contributed by atoms with Crippen molar-refractivity contribution in [1.82, 2.24) is 5.01 Å². The number of carbonyl (C=O) groups is 4. The summed E-state index contributed by atoms with van der Waals surface area (Å²) in [5.74, 6) is -6.43. The van der Waals surface area contributed by atoms with Gasteiger partial charge < -0.3 is 9.84 Å². The molecule has 0 spiro atoms. The van der Waals surface area contributed by atoms with Gasteiger partial charge in [0.2, 0.25) is 11.8 Å². The number of ether oxygens (including phenoxy) is 1. The number of nitrogens with one attached hydrogen (secondary N) is 1. The maximum Gasteiger partial charge on any atom is 0.260 e. The summed E-state index contributed by atoms with van der Waals surface area (Å²) in [4.78, 5) is 59.7. The van der Waals surface area contributed by atoms with Crippen molar-refractivity contribution in [2.75, 3.05) is 17.4 Å². The van der Waals surface area contributed by atoms with E-state index >= 15 is 4.79 Å². The summed E-state index contributed by atoms with van der Waals surface area (Å²) in [6, 6.07) is 23.9. The topological polar surface area (TPSA) is 116 Å². The number of aromatic hydroxyl groups is 1. The summed E-state index contributed by atoms with van der Waals surface area (Å²) in [5.41, 5.74) is 3.46. The zero-order chi connectivity index (χ0) is 35.8. The number of amides is 4. The number of rotatable bonds is 6. The predicted molar refractivity (Wildman–Crippen MR) is 195 cm³/mol. The van der Waals surface area contributed by atoms with Crippen LogP contribution in [0.1, 0.15) is 29.9 Å². The van der Waals surface area contributed by atoms with Gasteiger partial charge in [-0.05, 0) is 120 Å². The van der Waals surface area contributed by atoms with Crippen molar-refractivity contribution in [3.8, 4) is 11.5 Å². The van der Waals surface area contributed by atoms with E-state index in [4.69, 9.17) is 16.3 Å². The number of phenolic OH excluding ortho intramolecular Hbond substituents is 1. The number of phenols is 1. The number of carbonyl (C=O) groups excluding carboxylic acids is 4. The van der Waals surface area contributed by atoms with E-state index in [9.17, 15) is 23.9 Å². The number of nitrogens with zero attached hydrogens (tertiary/aromatic N) is 2. The van der Waals surface area contributed by atoms with Gasteiger partial charge in [-0.2, -0.15) is 5.01 Å². The number of fused-ring (bicyclic) bond motifs is 4. The Kier molecular flexibility index (Phi) is 8.17. The summed E-state index contributed by atoms with van der Waals surface area (Å²) in [5, 5.41) is 13.0. The highest BCUT2D eigenvalue weighted by atomic mass is 127. The lowest BCUT2D eigenvalue weighted by Gasteiger charge is -2.50. The van der Waals surface area contributed by atoms with E-state index in [1.165, 1.54) is 42.3 Å². The monoisotopic (exact) mass is 817 g/mol. The number of hydrogen-bond donors (Lipinski definition) is 2. The minimum absolute atomic E-state index is 0.0633. The quantitative estimate of drug-likeness (QED) is 0.123. The molecule has 0 radical (unpaired) electrons. The van der Waals surface area contributed by atoms with E-state index in [2.05, 4.69) is 28.0 Å². The van der Waals surface area contributed by atoms with Crippen molar-refractivity contribution < 1.29 is 33.4 Å². The Morgan fingerprint density at radius 2 is 1.61 bits per heavy atom. The van der Waals surface area contributed by atoms with Gasteiger partial charge in [0.15, 0.2) is 0 Å². The Balaban J connectivity index is 1.35. The summed E-state index contributed by atoms with van der Waals surface area (Å²) < 4.78 is 20.6. The second-order valence-corrected chi connectivity index (χ2v) is 14.9. The van der Waals surface area contributed by atoms with E-state index in [0.29, 0.717) is 27.5 Å². The van der Waals surface area contributed by atoms with Gasteiger partial charge in [-0.3, -0.25) is 29.5 Å². The zero-order valence-electron chi connectivity index (χ0n) is 27.1. The molecule has 4 amide bonds. The van der Waals surface area contributed by atoms with E-state index in [1.807, 2.05) is 18.2 Å². The fourth-order valence-electron chi connectivity index (χ4n) is 8.81. The highest BCUT2D eigenvalue weighted by molar-refractivity contribution is 14.1. The van der Waals surface area contributed by atoms with Crippen molar-refractivity contribution in [3.05, 3.63) is 128 Å². The third kappa shape index (κ3) is 4.99. The lowest BCUT2D eigenvalue weighted by atomic mass is 9.49. The molecule has 8 rings (SSSR count). The molecule has 0 bridgehead atoms. The van der Waals surface area contributed by atoms with Gasteiger partial charge >= 0.3 is 0 Å². The summed E-state index contributed by atoms with van der Waals surface area (Å²) in [7, 11) is 1.46. The SMILES string of the molecule is COc1cccc(O)c1[C@H]1C2=CC[C@@H]3C(=O)N(c4ccc(I)cc4)C(=O)[C@@H]3[C@@H]2C[C@H]2C(=O)N(Nc3ccc(F)cc3)C(=O)[C@@]12c1ccc(Cl)cc1. The van der Waals surface area contributed by atoms with Crippen molar-refractivity contribution in [2.24, 2.45) is 23.7 Å². The molecule has 1 saturated carbocycles. The number of allylic oxidation sites excluding steroid dienone is 2. The first-order chi connectivity index (χ1) is 24.6. The fourth-order valence-corrected chi connectivity index (χ4v) is 9.30. The van der Waals surface area contributed by atoms with Crippen molar-refractivity contribution >= 4 is 69.2 Å². The van der Waals surface area contributed by atoms with E-state index < -0.39 is 52.6 Å². The van der Waals surface area contributed by atoms with Crippen LogP contribution in [-0.4, -0.2) is 40.9 Å². The molecule has 0 aromatic heterocycles. The first-order valence-corrected chi connectivity index (χ1v) is 17.9. The molecule has 6 atom stereocenters. The van der Waals surface area contributed by atoms with Crippen LogP contribution < -0.4 is 15.1 Å². The average molecular weight is 818 g/mol. The minimum Gasteiger partial charge on any atom is -0.508 e. The molecule has 51 heavy (non-hydrogen) atoms. The van der Waals surface area contributed by atoms with Crippen LogP contribution in [0.15, 0.2) is 103 Å². The Morgan fingerprint density at radius 1 is 0.902 bits per heavy atom. The highest BCUT2D eigenvalue weighted by Crippen LogP contribution is 2.66. The van der Waals surface area contributed by atoms with Gasteiger partial charge in [0.25, 0.3) is 11.8 Å². The number of methoxy groups -OCH3 is 1. The van der Waals surface area contributed by atoms with Crippen LogP contribution in [0.25, 0.3) is 0 Å². The lowest BCUT2D eigenvalue weighted by molar-refractivity contribution is -0.138. The van der Waals surface area contributed by atoms with Crippen molar-refractivity contribution in [2.45, 2.75) is 24.2 Å². The number of anilines is 2. The zero-order valence-corrected chi connectivity index (χ0v) is 30.0. The molecule has 0 unspecified atom stereocenters. The van der Waals surface area contributed by atoms with E-state index in [-0.39, 0.29) is 41.7 Å². The molecule has 2 saturated heterocycles. The first-order valence-electron chi connectivity index (χ1n) is 16.4. The van der Waals surface area contributed by atoms with Gasteiger partial charge in [0, 0.05) is 20.1 Å². The summed E-state index contributed by atoms with van der Waals surface area (Å²) in [6.07, 6.45) is 2.19. The van der Waals surface area contributed by atoms with Crippen molar-refractivity contribution in [3.63, 3.8) is 0 Å². The van der Waals surface area contributed by atoms with Crippen LogP contribution in [0.3, 0.4) is 0 Å². The molecule has 2 aliphatic carbocycles. The third-order valence-electron chi connectivity index (χ3n) is 10.9. The number of halogens is 3. The highest BCUT2D eigenvalue weighted by Gasteiger charge is 2.71. The Morgan fingerprint density at radius 3 is 2.29 bits per heavy atom. The maximum atomic E-state index is 15.3. The first kappa shape index (κ1) is 33.4. The number of hydrazine groups is 1. The molecule has 4 aromatic rings. The summed E-state index contributed by atoms with van der Waals surface area (Å²) in [6.45, 7) is 0. The average Bonchev–Trinajstić information content (AvgIpc) is 3.50. The summed E-state index contributed by atoms with van der Waals surface area (Å²) >= 11 is 8.51. The van der Waals surface area contributed by atoms with Crippen LogP contribution in [-0.2, 0) is 24.6 Å². The van der Waals surface area contributed by atoms with Gasteiger partial charge in [0.05, 0.1) is 41.7 Å². The Hall–Kier alpha value is -4.75. The van der Waals surface area contributed by atoms with E-state index in [0.717, 1.165) is 8.58 Å². The van der Waals surface area contributed by atoms with Crippen LogP contribution in [0.2, 0.25) is 5.02 Å². The molecule has 2 heterocycles. The molecule has 12 heteroatoms. The van der Waals surface area contributed by atoms with Crippen molar-refractivity contribution in [1.29, 1.82) is 0 Å². The number of imide groups is 2. The molecular formula is C39H30ClFIN3O6. The Bertz CT molecular complexity index is 2140. The van der Waals surface area contributed by atoms with Crippen LogP contribution >= 0.6 is 34.2 Å². The number of hydrogen-bond acceptors (Lipinski definition) is 7. The largest absolute Gasteiger partial charge is 0.508 e. The smallest absolute Gasteiger partial charge is 0.260 e. The molecule has 4 aromatic carbocycles. The second kappa shape index (κ2) is 12.5. The molecule has 258 valence electrons. The maximum absolute atomic E-state index is 15.3. The molecule has 9 nitrogen and oxygen atoms in total. The predicted octanol–water partition coefficient (Wildman–Crippen LogP) is 6.99. The van der Waals surface area contributed by atoms with Gasteiger partial charge in [0.1, 0.15) is 17.3 Å². The second-order valence-electron chi connectivity index (χ2n) is 13.3. The molecule has 2 N–H and O–H groups in total. The van der Waals surface area contributed by atoms with Gasteiger partial charge in [-0.1, -0.05) is 41.4 Å². The van der Waals surface area contributed by atoms with Crippen LogP contribution in [0.4, 0.5) is 15.8 Å². The van der Waals surface area contributed by atoms with Gasteiger partial charge in [-0.25, -0.2) is 4.39 Å². The molecular weight excluding hydrogens is 788 g/mol. The van der Waals surface area contributed by atoms with Crippen LogP contribution in [0.5, 0.6) is 11.5 Å².